The van der Waals surface area contributed by atoms with Crippen LogP contribution in [0.4, 0.5) is 4.39 Å². The number of amides is 1. The number of hydrogen-bond acceptors (Lipinski definition) is 3. The van der Waals surface area contributed by atoms with Crippen molar-refractivity contribution in [1.29, 1.82) is 0 Å². The van der Waals surface area contributed by atoms with E-state index in [2.05, 4.69) is 5.32 Å². The molecule has 0 unspecified atom stereocenters. The van der Waals surface area contributed by atoms with Crippen molar-refractivity contribution in [2.45, 2.75) is 26.3 Å². The third-order valence-electron chi connectivity index (χ3n) is 4.68. The summed E-state index contributed by atoms with van der Waals surface area (Å²) in [6.07, 6.45) is 0.556. The molecule has 0 bridgehead atoms. The second kappa shape index (κ2) is 10.4. The molecule has 1 N–H and O–H groups in total. The fraction of sp³-hybridized carbons (Fsp3) is 0.240. The van der Waals surface area contributed by atoms with Gasteiger partial charge in [-0.05, 0) is 55.7 Å². The smallest absolute Gasteiger partial charge is 0.254 e. The van der Waals surface area contributed by atoms with Crippen LogP contribution in [0.3, 0.4) is 0 Å². The Kier molecular flexibility index (Phi) is 7.44. The summed E-state index contributed by atoms with van der Waals surface area (Å²) in [4.78, 5) is 12.8. The average molecular weight is 407 g/mol. The predicted octanol–water partition coefficient (Wildman–Crippen LogP) is 5.34. The van der Waals surface area contributed by atoms with Gasteiger partial charge >= 0.3 is 0 Å². The normalized spacial score (nSPS) is 11.6. The number of rotatable bonds is 9. The minimum Gasteiger partial charge on any atom is -0.490 e. The first kappa shape index (κ1) is 21.4. The van der Waals surface area contributed by atoms with Gasteiger partial charge in [0.2, 0.25) is 0 Å². The molecule has 3 aromatic rings. The maximum Gasteiger partial charge on any atom is 0.254 e. The Hall–Kier alpha value is -3.34. The number of nitrogens with one attached hydrogen (secondary N) is 1. The van der Waals surface area contributed by atoms with Gasteiger partial charge in [0.25, 0.3) is 5.91 Å². The van der Waals surface area contributed by atoms with Crippen LogP contribution in [0.2, 0.25) is 0 Å². The predicted molar refractivity (Wildman–Crippen MR) is 116 cm³/mol. The largest absolute Gasteiger partial charge is 0.490 e. The van der Waals surface area contributed by atoms with E-state index in [1.165, 1.54) is 12.1 Å². The molecular formula is C25H26FNO3. The fourth-order valence-electron chi connectivity index (χ4n) is 3.27. The van der Waals surface area contributed by atoms with Crippen molar-refractivity contribution in [3.05, 3.63) is 95.3 Å². The minimum absolute atomic E-state index is 0.0199. The number of halogens is 1. The highest BCUT2D eigenvalue weighted by atomic mass is 19.1. The molecule has 0 spiro atoms. The first-order valence-electron chi connectivity index (χ1n) is 10.1. The monoisotopic (exact) mass is 407 g/mol. The van der Waals surface area contributed by atoms with Crippen molar-refractivity contribution < 1.29 is 18.7 Å². The van der Waals surface area contributed by atoms with E-state index in [0.29, 0.717) is 31.1 Å². The van der Waals surface area contributed by atoms with Crippen LogP contribution in [-0.4, -0.2) is 19.1 Å². The van der Waals surface area contributed by atoms with E-state index in [-0.39, 0.29) is 11.6 Å². The lowest BCUT2D eigenvalue weighted by molar-refractivity contribution is 0.0932. The van der Waals surface area contributed by atoms with Gasteiger partial charge in [-0.15, -0.1) is 0 Å². The van der Waals surface area contributed by atoms with E-state index in [9.17, 15) is 9.18 Å². The molecule has 3 aromatic carbocycles. The molecule has 0 heterocycles. The molecule has 3 rings (SSSR count). The number of ether oxygens (including phenoxy) is 2. The van der Waals surface area contributed by atoms with E-state index in [4.69, 9.17) is 9.47 Å². The third-order valence-corrected chi connectivity index (χ3v) is 4.68. The topological polar surface area (TPSA) is 47.6 Å². The zero-order chi connectivity index (χ0) is 21.3. The Balaban J connectivity index is 1.94. The quantitative estimate of drug-likeness (QED) is 0.521. The Morgan fingerprint density at radius 3 is 2.27 bits per heavy atom. The number of benzene rings is 3. The average Bonchev–Trinajstić information content (AvgIpc) is 2.76. The number of hydrogen-bond donors (Lipinski definition) is 1. The zero-order valence-corrected chi connectivity index (χ0v) is 17.2. The summed E-state index contributed by atoms with van der Waals surface area (Å²) >= 11 is 0. The molecule has 0 radical (unpaired) electrons. The lowest BCUT2D eigenvalue weighted by atomic mass is 9.97. The molecule has 0 saturated carbocycles. The Morgan fingerprint density at radius 1 is 0.900 bits per heavy atom. The summed E-state index contributed by atoms with van der Waals surface area (Å²) in [6.45, 7) is 4.84. The third kappa shape index (κ3) is 5.38. The second-order valence-corrected chi connectivity index (χ2v) is 6.77. The second-order valence-electron chi connectivity index (χ2n) is 6.77. The highest BCUT2D eigenvalue weighted by Crippen LogP contribution is 2.32. The molecule has 0 aliphatic heterocycles. The summed E-state index contributed by atoms with van der Waals surface area (Å²) in [6, 6.07) is 21.1. The van der Waals surface area contributed by atoms with Crippen LogP contribution in [0.5, 0.6) is 11.5 Å². The molecule has 0 aliphatic rings. The van der Waals surface area contributed by atoms with Crippen LogP contribution in [-0.2, 0) is 6.42 Å². The minimum atomic E-state index is -0.546. The van der Waals surface area contributed by atoms with Crippen molar-refractivity contribution in [3.63, 3.8) is 0 Å². The molecule has 0 aliphatic carbocycles. The summed E-state index contributed by atoms with van der Waals surface area (Å²) in [5, 5.41) is 2.98. The van der Waals surface area contributed by atoms with Crippen molar-refractivity contribution in [2.75, 3.05) is 13.2 Å². The highest BCUT2D eigenvalue weighted by molar-refractivity contribution is 5.94. The number of carbonyl (C=O) groups is 1. The van der Waals surface area contributed by atoms with Crippen LogP contribution in [0.15, 0.2) is 72.8 Å². The van der Waals surface area contributed by atoms with Crippen LogP contribution in [0, 0.1) is 5.82 Å². The van der Waals surface area contributed by atoms with Gasteiger partial charge in [-0.25, -0.2) is 4.39 Å². The number of carbonyl (C=O) groups excluding carboxylic acids is 1. The van der Waals surface area contributed by atoms with Crippen LogP contribution < -0.4 is 14.8 Å². The molecule has 0 saturated heterocycles. The van der Waals surface area contributed by atoms with Gasteiger partial charge < -0.3 is 14.8 Å². The fourth-order valence-corrected chi connectivity index (χ4v) is 3.27. The summed E-state index contributed by atoms with van der Waals surface area (Å²) < 4.78 is 25.5. The molecule has 0 aromatic heterocycles. The standard InChI is InChI=1S/C25H26FNO3/c1-3-29-23-15-14-19(17-24(23)30-4-2)22(16-18-10-6-5-7-11-18)27-25(28)20-12-8-9-13-21(20)26/h5-15,17,22H,3-4,16H2,1-2H3,(H,27,28)/t22-/m0/s1. The van der Waals surface area contributed by atoms with Crippen LogP contribution in [0.25, 0.3) is 0 Å². The maximum absolute atomic E-state index is 14.1. The Labute approximate surface area is 176 Å². The van der Waals surface area contributed by atoms with Crippen LogP contribution >= 0.6 is 0 Å². The lowest BCUT2D eigenvalue weighted by Gasteiger charge is -2.21. The molecule has 1 amide bonds. The van der Waals surface area contributed by atoms with E-state index in [1.807, 2.05) is 62.4 Å². The van der Waals surface area contributed by atoms with Gasteiger partial charge in [0.1, 0.15) is 5.82 Å². The van der Waals surface area contributed by atoms with Gasteiger partial charge in [-0.1, -0.05) is 48.5 Å². The highest BCUT2D eigenvalue weighted by Gasteiger charge is 2.20. The van der Waals surface area contributed by atoms with Gasteiger partial charge in [0.05, 0.1) is 24.8 Å². The van der Waals surface area contributed by atoms with E-state index in [0.717, 1.165) is 11.1 Å². The van der Waals surface area contributed by atoms with Crippen molar-refractivity contribution in [3.8, 4) is 11.5 Å². The summed E-state index contributed by atoms with van der Waals surface area (Å²) in [5.74, 6) is 0.271. The zero-order valence-electron chi connectivity index (χ0n) is 17.2. The molecule has 30 heavy (non-hydrogen) atoms. The van der Waals surface area contributed by atoms with Crippen molar-refractivity contribution in [2.24, 2.45) is 0 Å². The SMILES string of the molecule is CCOc1ccc([C@H](Cc2ccccc2)NC(=O)c2ccccc2F)cc1OCC. The molecule has 156 valence electrons. The molecule has 0 fully saturated rings. The van der Waals surface area contributed by atoms with Gasteiger partial charge in [-0.2, -0.15) is 0 Å². The van der Waals surface area contributed by atoms with Gasteiger partial charge in [-0.3, -0.25) is 4.79 Å². The maximum atomic E-state index is 14.1. The summed E-state index contributed by atoms with van der Waals surface area (Å²) in [7, 11) is 0. The van der Waals surface area contributed by atoms with Crippen molar-refractivity contribution in [1.82, 2.24) is 5.32 Å². The van der Waals surface area contributed by atoms with E-state index in [1.54, 1.807) is 12.1 Å². The Bertz CT molecular complexity index is 975. The molecular weight excluding hydrogens is 381 g/mol. The van der Waals surface area contributed by atoms with Gasteiger partial charge in [0, 0.05) is 0 Å². The van der Waals surface area contributed by atoms with Crippen molar-refractivity contribution >= 4 is 5.91 Å². The molecule has 5 heteroatoms. The summed E-state index contributed by atoms with van der Waals surface area (Å²) in [5.41, 5.74) is 1.94. The van der Waals surface area contributed by atoms with E-state index < -0.39 is 11.7 Å². The van der Waals surface area contributed by atoms with E-state index >= 15 is 0 Å². The lowest BCUT2D eigenvalue weighted by Crippen LogP contribution is -2.30. The Morgan fingerprint density at radius 2 is 1.57 bits per heavy atom. The first-order chi connectivity index (χ1) is 14.6. The molecule has 4 nitrogen and oxygen atoms in total. The first-order valence-corrected chi connectivity index (χ1v) is 10.1. The van der Waals surface area contributed by atoms with Crippen LogP contribution in [0.1, 0.15) is 41.4 Å². The van der Waals surface area contributed by atoms with Gasteiger partial charge in [0.15, 0.2) is 11.5 Å². The molecule has 1 atom stereocenters.